The molecule has 0 spiro atoms. The lowest BCUT2D eigenvalue weighted by atomic mass is 10.3. The van der Waals surface area contributed by atoms with Crippen LogP contribution in [0.2, 0.25) is 0 Å². The molecule has 0 saturated carbocycles. The fraction of sp³-hybridized carbons (Fsp3) is 0. The smallest absolute Gasteiger partial charge is 0.245 e. The monoisotopic (exact) mass is 339 g/mol. The SMILES string of the molecule is Fc1ccc(Nc2nc3nonc3nc2N/N=C\c2ccco2)cc1. The number of benzene rings is 1. The van der Waals surface area contributed by atoms with Gasteiger partial charge in [-0.2, -0.15) is 10.1 Å². The van der Waals surface area contributed by atoms with Crippen LogP contribution in [0.25, 0.3) is 11.3 Å². The van der Waals surface area contributed by atoms with Crippen molar-refractivity contribution in [3.8, 4) is 0 Å². The lowest BCUT2D eigenvalue weighted by Gasteiger charge is -2.09. The third-order valence-corrected chi connectivity index (χ3v) is 3.13. The summed E-state index contributed by atoms with van der Waals surface area (Å²) >= 11 is 0. The lowest BCUT2D eigenvalue weighted by molar-refractivity contribution is 0.314. The van der Waals surface area contributed by atoms with Crippen molar-refractivity contribution < 1.29 is 13.4 Å². The van der Waals surface area contributed by atoms with Crippen LogP contribution < -0.4 is 10.7 Å². The van der Waals surface area contributed by atoms with Crippen molar-refractivity contribution in [2.24, 2.45) is 5.10 Å². The Balaban J connectivity index is 1.64. The molecule has 0 amide bonds. The van der Waals surface area contributed by atoms with Gasteiger partial charge in [0.05, 0.1) is 12.5 Å². The number of fused-ring (bicyclic) bond motifs is 1. The third-order valence-electron chi connectivity index (χ3n) is 3.13. The minimum absolute atomic E-state index is 0.223. The molecule has 3 heterocycles. The fourth-order valence-electron chi connectivity index (χ4n) is 1.99. The van der Waals surface area contributed by atoms with E-state index in [4.69, 9.17) is 4.42 Å². The van der Waals surface area contributed by atoms with E-state index in [9.17, 15) is 4.39 Å². The summed E-state index contributed by atoms with van der Waals surface area (Å²) in [5.41, 5.74) is 3.82. The number of hydrogen-bond acceptors (Lipinski definition) is 9. The van der Waals surface area contributed by atoms with Crippen LogP contribution in [0.3, 0.4) is 0 Å². The number of halogens is 1. The van der Waals surface area contributed by atoms with Gasteiger partial charge in [-0.15, -0.1) is 0 Å². The van der Waals surface area contributed by atoms with Crippen molar-refractivity contribution in [2.45, 2.75) is 0 Å². The first kappa shape index (κ1) is 14.8. The number of hydrogen-bond donors (Lipinski definition) is 2. The van der Waals surface area contributed by atoms with E-state index in [0.29, 0.717) is 17.3 Å². The van der Waals surface area contributed by atoms with Crippen LogP contribution in [-0.4, -0.2) is 26.5 Å². The molecule has 0 bridgehead atoms. The van der Waals surface area contributed by atoms with Crippen molar-refractivity contribution >= 4 is 34.8 Å². The van der Waals surface area contributed by atoms with E-state index < -0.39 is 0 Å². The highest BCUT2D eigenvalue weighted by Gasteiger charge is 2.12. The van der Waals surface area contributed by atoms with Gasteiger partial charge in [-0.1, -0.05) is 0 Å². The molecule has 0 aliphatic heterocycles. The normalized spacial score (nSPS) is 11.2. The summed E-state index contributed by atoms with van der Waals surface area (Å²) in [6, 6.07) is 9.29. The minimum atomic E-state index is -0.339. The standard InChI is InChI=1S/C15H10FN7O2/c16-9-3-5-10(6-4-9)18-12-13(20-15-14(19-12)22-25-23-15)21-17-8-11-2-1-7-24-11/h1-8H,(H,18,19,22)(H,20,21,23)/b17-8-. The van der Waals surface area contributed by atoms with E-state index in [1.807, 2.05) is 0 Å². The second kappa shape index (κ2) is 6.35. The molecule has 3 aromatic heterocycles. The summed E-state index contributed by atoms with van der Waals surface area (Å²) in [7, 11) is 0. The van der Waals surface area contributed by atoms with E-state index in [1.54, 1.807) is 24.3 Å². The van der Waals surface area contributed by atoms with Crippen LogP contribution in [-0.2, 0) is 0 Å². The van der Waals surface area contributed by atoms with Gasteiger partial charge < -0.3 is 9.73 Å². The van der Waals surface area contributed by atoms with Gasteiger partial charge in [-0.25, -0.2) is 14.0 Å². The molecule has 0 aliphatic carbocycles. The molecule has 4 rings (SSSR count). The number of nitrogens with one attached hydrogen (secondary N) is 2. The van der Waals surface area contributed by atoms with Crippen molar-refractivity contribution in [2.75, 3.05) is 10.7 Å². The number of rotatable bonds is 5. The predicted octanol–water partition coefficient (Wildman–Crippen LogP) is 2.93. The number of anilines is 3. The minimum Gasteiger partial charge on any atom is -0.463 e. The van der Waals surface area contributed by atoms with E-state index >= 15 is 0 Å². The first-order valence-electron chi connectivity index (χ1n) is 7.13. The molecule has 124 valence electrons. The number of hydrazone groups is 1. The molecular formula is C15H10FN7O2. The highest BCUT2D eigenvalue weighted by molar-refractivity contribution is 5.79. The highest BCUT2D eigenvalue weighted by atomic mass is 19.1. The van der Waals surface area contributed by atoms with Crippen LogP contribution in [0.4, 0.5) is 21.7 Å². The Morgan fingerprint density at radius 3 is 2.48 bits per heavy atom. The van der Waals surface area contributed by atoms with E-state index in [-0.39, 0.29) is 22.9 Å². The van der Waals surface area contributed by atoms with Crippen molar-refractivity contribution in [3.63, 3.8) is 0 Å². The largest absolute Gasteiger partial charge is 0.463 e. The van der Waals surface area contributed by atoms with Crippen LogP contribution in [0.15, 0.2) is 56.8 Å². The summed E-state index contributed by atoms with van der Waals surface area (Å²) in [4.78, 5) is 8.52. The average molecular weight is 339 g/mol. The summed E-state index contributed by atoms with van der Waals surface area (Å²) in [6.45, 7) is 0. The van der Waals surface area contributed by atoms with Gasteiger partial charge >= 0.3 is 0 Å². The van der Waals surface area contributed by atoms with Crippen molar-refractivity contribution in [1.82, 2.24) is 20.3 Å². The van der Waals surface area contributed by atoms with Crippen molar-refractivity contribution in [3.05, 3.63) is 54.2 Å². The molecule has 9 nitrogen and oxygen atoms in total. The Morgan fingerprint density at radius 2 is 1.76 bits per heavy atom. The second-order valence-electron chi connectivity index (χ2n) is 4.85. The zero-order valence-electron chi connectivity index (χ0n) is 12.5. The predicted molar refractivity (Wildman–Crippen MR) is 87.0 cm³/mol. The maximum Gasteiger partial charge on any atom is 0.245 e. The maximum absolute atomic E-state index is 13.0. The van der Waals surface area contributed by atoms with Crippen molar-refractivity contribution in [1.29, 1.82) is 0 Å². The van der Waals surface area contributed by atoms with Gasteiger partial charge in [-0.05, 0) is 46.7 Å². The Morgan fingerprint density at radius 1 is 1.00 bits per heavy atom. The molecule has 0 fully saturated rings. The molecule has 4 aromatic rings. The van der Waals surface area contributed by atoms with Gasteiger partial charge in [0.2, 0.25) is 11.3 Å². The van der Waals surface area contributed by atoms with Crippen LogP contribution in [0.1, 0.15) is 5.76 Å². The van der Waals surface area contributed by atoms with E-state index in [2.05, 4.69) is 40.8 Å². The molecule has 0 unspecified atom stereocenters. The Labute approximate surface area is 139 Å². The van der Waals surface area contributed by atoms with Gasteiger partial charge in [-0.3, -0.25) is 5.43 Å². The van der Waals surface area contributed by atoms with Gasteiger partial charge in [0.25, 0.3) is 0 Å². The van der Waals surface area contributed by atoms with Crippen LogP contribution >= 0.6 is 0 Å². The second-order valence-corrected chi connectivity index (χ2v) is 4.85. The molecule has 2 N–H and O–H groups in total. The molecule has 0 atom stereocenters. The number of furan rings is 1. The van der Waals surface area contributed by atoms with Gasteiger partial charge in [0, 0.05) is 5.69 Å². The molecule has 0 aliphatic rings. The number of aromatic nitrogens is 4. The quantitative estimate of drug-likeness (QED) is 0.421. The average Bonchev–Trinajstić information content (AvgIpc) is 3.28. The highest BCUT2D eigenvalue weighted by Crippen LogP contribution is 2.23. The van der Waals surface area contributed by atoms with Gasteiger partial charge in [0.1, 0.15) is 11.6 Å². The first-order chi connectivity index (χ1) is 12.3. The molecule has 0 radical (unpaired) electrons. The van der Waals surface area contributed by atoms with Crippen LogP contribution in [0.5, 0.6) is 0 Å². The Bertz CT molecular complexity index is 1010. The zero-order valence-corrected chi connectivity index (χ0v) is 12.5. The first-order valence-corrected chi connectivity index (χ1v) is 7.13. The molecule has 1 aromatic carbocycles. The zero-order chi connectivity index (χ0) is 17.1. The van der Waals surface area contributed by atoms with E-state index in [1.165, 1.54) is 24.6 Å². The summed E-state index contributed by atoms with van der Waals surface area (Å²) < 4.78 is 22.8. The summed E-state index contributed by atoms with van der Waals surface area (Å²) in [5.74, 6) is 0.841. The lowest BCUT2D eigenvalue weighted by Crippen LogP contribution is -2.03. The molecule has 0 saturated heterocycles. The maximum atomic E-state index is 13.0. The number of nitrogens with zero attached hydrogens (tertiary/aromatic N) is 5. The topological polar surface area (TPSA) is 114 Å². The Hall–Kier alpha value is -3.82. The molecule has 10 heteroatoms. The van der Waals surface area contributed by atoms with E-state index in [0.717, 1.165) is 0 Å². The molecule has 25 heavy (non-hydrogen) atoms. The Kier molecular flexibility index (Phi) is 3.75. The molecular weight excluding hydrogens is 329 g/mol. The van der Waals surface area contributed by atoms with Crippen LogP contribution in [0, 0.1) is 5.82 Å². The summed E-state index contributed by atoms with van der Waals surface area (Å²) in [5, 5.41) is 14.4. The fourth-order valence-corrected chi connectivity index (χ4v) is 1.99. The van der Waals surface area contributed by atoms with Gasteiger partial charge in [0.15, 0.2) is 11.6 Å². The third kappa shape index (κ3) is 3.27. The summed E-state index contributed by atoms with van der Waals surface area (Å²) in [6.07, 6.45) is 3.02.